The zero-order valence-corrected chi connectivity index (χ0v) is 11.2. The summed E-state index contributed by atoms with van der Waals surface area (Å²) in [5.74, 6) is 0.807. The first-order valence-electron chi connectivity index (χ1n) is 6.22. The Morgan fingerprint density at radius 2 is 2.26 bits per heavy atom. The Morgan fingerprint density at radius 1 is 1.37 bits per heavy atom. The first-order chi connectivity index (χ1) is 9.31. The number of ether oxygens (including phenoxy) is 2. The Balaban J connectivity index is 1.89. The lowest BCUT2D eigenvalue weighted by Gasteiger charge is -2.04. The third-order valence-corrected chi connectivity index (χ3v) is 2.58. The van der Waals surface area contributed by atoms with E-state index in [-0.39, 0.29) is 6.08 Å². The summed E-state index contributed by atoms with van der Waals surface area (Å²) < 4.78 is 15.9. The van der Waals surface area contributed by atoms with Crippen LogP contribution in [0.5, 0.6) is 11.8 Å². The van der Waals surface area contributed by atoms with Crippen LogP contribution in [0.15, 0.2) is 34.9 Å². The average molecular weight is 262 g/mol. The molecule has 5 heteroatoms. The molecule has 102 valence electrons. The molecule has 19 heavy (non-hydrogen) atoms. The minimum absolute atomic E-state index is 0.288. The van der Waals surface area contributed by atoms with Crippen molar-refractivity contribution in [3.05, 3.63) is 41.8 Å². The van der Waals surface area contributed by atoms with Gasteiger partial charge in [0.25, 0.3) is 0 Å². The number of rotatable bonds is 7. The van der Waals surface area contributed by atoms with E-state index in [4.69, 9.17) is 13.9 Å². The Hall–Kier alpha value is -2.01. The molecule has 2 aromatic rings. The Labute approximate surface area is 112 Å². The monoisotopic (exact) mass is 262 g/mol. The van der Waals surface area contributed by atoms with Gasteiger partial charge in [-0.3, -0.25) is 0 Å². The molecule has 1 aromatic heterocycles. The SMILES string of the molecule is CCNCc1coc(OCc2cccc(OC)c2)n1. The molecule has 0 fully saturated rings. The molecule has 0 saturated carbocycles. The fourth-order valence-electron chi connectivity index (χ4n) is 1.60. The lowest BCUT2D eigenvalue weighted by molar-refractivity contribution is 0.219. The summed E-state index contributed by atoms with van der Waals surface area (Å²) in [4.78, 5) is 4.22. The quantitative estimate of drug-likeness (QED) is 0.830. The molecule has 0 unspecified atom stereocenters. The van der Waals surface area contributed by atoms with Crippen molar-refractivity contribution in [3.63, 3.8) is 0 Å². The molecule has 0 radical (unpaired) electrons. The van der Waals surface area contributed by atoms with Crippen LogP contribution in [0.3, 0.4) is 0 Å². The number of hydrogen-bond acceptors (Lipinski definition) is 5. The highest BCUT2D eigenvalue weighted by atomic mass is 16.6. The van der Waals surface area contributed by atoms with E-state index in [0.29, 0.717) is 13.2 Å². The van der Waals surface area contributed by atoms with Crippen LogP contribution in [0.25, 0.3) is 0 Å². The molecule has 1 heterocycles. The van der Waals surface area contributed by atoms with Crippen LogP contribution in [-0.2, 0) is 13.2 Å². The van der Waals surface area contributed by atoms with Gasteiger partial charge in [-0.1, -0.05) is 19.1 Å². The molecule has 0 amide bonds. The molecule has 0 bridgehead atoms. The maximum atomic E-state index is 5.49. The minimum atomic E-state index is 0.288. The van der Waals surface area contributed by atoms with Crippen LogP contribution in [0.2, 0.25) is 0 Å². The van der Waals surface area contributed by atoms with Gasteiger partial charge in [0.2, 0.25) is 0 Å². The van der Waals surface area contributed by atoms with Gasteiger partial charge in [0.1, 0.15) is 18.6 Å². The zero-order chi connectivity index (χ0) is 13.5. The smallest absolute Gasteiger partial charge is 0.394 e. The number of aromatic nitrogens is 1. The van der Waals surface area contributed by atoms with Crippen molar-refractivity contribution in [2.45, 2.75) is 20.1 Å². The molecule has 0 aliphatic rings. The molecule has 1 N–H and O–H groups in total. The summed E-state index contributed by atoms with van der Waals surface area (Å²) in [6, 6.07) is 7.69. The fourth-order valence-corrected chi connectivity index (χ4v) is 1.60. The Kier molecular flexibility index (Phi) is 4.80. The second-order valence-electron chi connectivity index (χ2n) is 4.03. The van der Waals surface area contributed by atoms with E-state index in [2.05, 4.69) is 10.3 Å². The molecular formula is C14H18N2O3. The Morgan fingerprint density at radius 3 is 3.05 bits per heavy atom. The van der Waals surface area contributed by atoms with E-state index in [1.54, 1.807) is 13.4 Å². The van der Waals surface area contributed by atoms with Gasteiger partial charge < -0.3 is 19.2 Å². The number of benzene rings is 1. The van der Waals surface area contributed by atoms with Crippen molar-refractivity contribution in [2.75, 3.05) is 13.7 Å². The first kappa shape index (κ1) is 13.4. The number of hydrogen-bond donors (Lipinski definition) is 1. The molecular weight excluding hydrogens is 244 g/mol. The third-order valence-electron chi connectivity index (χ3n) is 2.58. The number of oxazole rings is 1. The molecule has 0 saturated heterocycles. The normalized spacial score (nSPS) is 10.4. The fraction of sp³-hybridized carbons (Fsp3) is 0.357. The maximum absolute atomic E-state index is 5.49. The van der Waals surface area contributed by atoms with E-state index in [9.17, 15) is 0 Å². The lowest BCUT2D eigenvalue weighted by atomic mass is 10.2. The van der Waals surface area contributed by atoms with Crippen LogP contribution >= 0.6 is 0 Å². The largest absolute Gasteiger partial charge is 0.497 e. The number of nitrogens with one attached hydrogen (secondary N) is 1. The van der Waals surface area contributed by atoms with Crippen LogP contribution in [0.1, 0.15) is 18.2 Å². The second-order valence-corrected chi connectivity index (χ2v) is 4.03. The predicted molar refractivity (Wildman–Crippen MR) is 71.2 cm³/mol. The van der Waals surface area contributed by atoms with Crippen molar-refractivity contribution in [1.82, 2.24) is 10.3 Å². The highest BCUT2D eigenvalue weighted by molar-refractivity contribution is 5.28. The van der Waals surface area contributed by atoms with Gasteiger partial charge in [-0.25, -0.2) is 0 Å². The predicted octanol–water partition coefficient (Wildman–Crippen LogP) is 2.37. The van der Waals surface area contributed by atoms with Gasteiger partial charge in [0.05, 0.1) is 12.8 Å². The Bertz CT molecular complexity index is 511. The summed E-state index contributed by atoms with van der Waals surface area (Å²) in [5, 5.41) is 3.17. The van der Waals surface area contributed by atoms with Crippen molar-refractivity contribution in [2.24, 2.45) is 0 Å². The third kappa shape index (κ3) is 3.99. The molecule has 0 atom stereocenters. The van der Waals surface area contributed by atoms with Crippen molar-refractivity contribution in [1.29, 1.82) is 0 Å². The molecule has 0 spiro atoms. The van der Waals surface area contributed by atoms with E-state index in [1.165, 1.54) is 0 Å². The summed E-state index contributed by atoms with van der Waals surface area (Å²) in [7, 11) is 1.64. The van der Waals surface area contributed by atoms with Gasteiger partial charge >= 0.3 is 6.08 Å². The van der Waals surface area contributed by atoms with Crippen molar-refractivity contribution in [3.8, 4) is 11.8 Å². The van der Waals surface area contributed by atoms with Gasteiger partial charge in [-0.15, -0.1) is 0 Å². The lowest BCUT2D eigenvalue weighted by Crippen LogP contribution is -2.11. The number of nitrogens with zero attached hydrogens (tertiary/aromatic N) is 1. The van der Waals surface area contributed by atoms with Gasteiger partial charge in [-0.2, -0.15) is 4.98 Å². The van der Waals surface area contributed by atoms with Gasteiger partial charge in [0, 0.05) is 6.54 Å². The minimum Gasteiger partial charge on any atom is -0.497 e. The maximum Gasteiger partial charge on any atom is 0.394 e. The second kappa shape index (κ2) is 6.80. The molecule has 5 nitrogen and oxygen atoms in total. The van der Waals surface area contributed by atoms with Crippen LogP contribution in [0.4, 0.5) is 0 Å². The molecule has 0 aliphatic carbocycles. The van der Waals surface area contributed by atoms with Crippen molar-refractivity contribution >= 4 is 0 Å². The zero-order valence-electron chi connectivity index (χ0n) is 11.2. The summed E-state index contributed by atoms with van der Waals surface area (Å²) in [5.41, 5.74) is 1.84. The van der Waals surface area contributed by atoms with Crippen LogP contribution in [0, 0.1) is 0 Å². The standard InChI is InChI=1S/C14H18N2O3/c1-3-15-8-12-10-19-14(16-12)18-9-11-5-4-6-13(7-11)17-2/h4-7,10,15H,3,8-9H2,1-2H3. The average Bonchev–Trinajstić information content (AvgIpc) is 2.91. The summed E-state index contributed by atoms with van der Waals surface area (Å²) >= 11 is 0. The molecule has 1 aromatic carbocycles. The molecule has 2 rings (SSSR count). The highest BCUT2D eigenvalue weighted by Gasteiger charge is 2.05. The van der Waals surface area contributed by atoms with E-state index in [1.807, 2.05) is 31.2 Å². The topological polar surface area (TPSA) is 56.5 Å². The van der Waals surface area contributed by atoms with Gasteiger partial charge in [0.15, 0.2) is 0 Å². The highest BCUT2D eigenvalue weighted by Crippen LogP contribution is 2.16. The van der Waals surface area contributed by atoms with Gasteiger partial charge in [-0.05, 0) is 24.2 Å². The van der Waals surface area contributed by atoms with E-state index < -0.39 is 0 Å². The molecule has 0 aliphatic heterocycles. The van der Waals surface area contributed by atoms with Crippen molar-refractivity contribution < 1.29 is 13.9 Å². The first-order valence-corrected chi connectivity index (χ1v) is 6.22. The summed E-state index contributed by atoms with van der Waals surface area (Å²) in [6.45, 7) is 4.02. The van der Waals surface area contributed by atoms with Crippen LogP contribution in [-0.4, -0.2) is 18.6 Å². The van der Waals surface area contributed by atoms with E-state index >= 15 is 0 Å². The van der Waals surface area contributed by atoms with E-state index in [0.717, 1.165) is 23.6 Å². The number of methoxy groups -OCH3 is 1. The summed E-state index contributed by atoms with van der Waals surface area (Å²) in [6.07, 6.45) is 1.89. The van der Waals surface area contributed by atoms with Crippen LogP contribution < -0.4 is 14.8 Å².